The molecule has 0 saturated carbocycles. The zero-order valence-electron chi connectivity index (χ0n) is 20.3. The van der Waals surface area contributed by atoms with E-state index in [0.29, 0.717) is 5.92 Å². The molecule has 10 nitrogen and oxygen atoms in total. The molecule has 0 aromatic heterocycles. The Kier molecular flexibility index (Phi) is 10.0. The maximum atomic E-state index is 11.9. The first-order chi connectivity index (χ1) is 16.0. The molecule has 0 aliphatic carbocycles. The van der Waals surface area contributed by atoms with Crippen LogP contribution in [0, 0.1) is 0 Å². The van der Waals surface area contributed by atoms with Gasteiger partial charge in [0, 0.05) is 27.7 Å². The minimum Gasteiger partial charge on any atom is -0.463 e. The molecule has 2 rings (SSSR count). The minimum atomic E-state index is -1.26. The zero-order chi connectivity index (χ0) is 25.4. The molecule has 1 aromatic carbocycles. The number of carbonyl (C=O) groups excluding carboxylic acids is 4. The van der Waals surface area contributed by atoms with E-state index in [1.54, 1.807) is 0 Å². The van der Waals surface area contributed by atoms with Gasteiger partial charge in [-0.3, -0.25) is 19.2 Å². The van der Waals surface area contributed by atoms with Gasteiger partial charge in [0.25, 0.3) is 0 Å². The predicted octanol–water partition coefficient (Wildman–Crippen LogP) is 2.41. The van der Waals surface area contributed by atoms with E-state index in [2.05, 4.69) is 13.8 Å². The molecular formula is C24H32O10. The number of benzene rings is 1. The number of carbonyl (C=O) groups is 4. The first-order valence-electron chi connectivity index (χ1n) is 11.0. The van der Waals surface area contributed by atoms with Crippen LogP contribution >= 0.6 is 0 Å². The Morgan fingerprint density at radius 2 is 1.32 bits per heavy atom. The van der Waals surface area contributed by atoms with Gasteiger partial charge in [-0.1, -0.05) is 38.1 Å². The third-order valence-electron chi connectivity index (χ3n) is 5.01. The van der Waals surface area contributed by atoms with E-state index in [0.717, 1.165) is 18.1 Å². The summed E-state index contributed by atoms with van der Waals surface area (Å²) in [5, 5.41) is 0. The Labute approximate surface area is 198 Å². The monoisotopic (exact) mass is 480 g/mol. The summed E-state index contributed by atoms with van der Waals surface area (Å²) in [7, 11) is 0. The number of hydrogen-bond donors (Lipinski definition) is 0. The summed E-state index contributed by atoms with van der Waals surface area (Å²) >= 11 is 0. The second kappa shape index (κ2) is 12.5. The molecule has 1 aromatic rings. The SMILES string of the molecule is CC(=O)OC[C@H]1O[C@@H](OCc2ccc(C(C)C)cc2)[C@H](OC(C)=O)[C@@H](OC(C)=O)[C@@H]1OC(C)=O. The van der Waals surface area contributed by atoms with Gasteiger partial charge in [0.05, 0.1) is 6.61 Å². The summed E-state index contributed by atoms with van der Waals surface area (Å²) in [6.45, 7) is 8.68. The van der Waals surface area contributed by atoms with Crippen LogP contribution < -0.4 is 0 Å². The molecule has 0 N–H and O–H groups in total. The standard InChI is InChI=1S/C24H32O10/c1-13(2)19-9-7-18(8-10-19)11-30-24-23(33-17(6)28)22(32-16(5)27)21(31-15(4)26)20(34-24)12-29-14(3)25/h7-10,13,20-24H,11-12H2,1-6H3/t20-,21-,22+,23-,24-/m1/s1. The lowest BCUT2D eigenvalue weighted by molar-refractivity contribution is -0.310. The van der Waals surface area contributed by atoms with Crippen LogP contribution in [-0.2, 0) is 54.2 Å². The van der Waals surface area contributed by atoms with E-state index >= 15 is 0 Å². The van der Waals surface area contributed by atoms with E-state index in [4.69, 9.17) is 28.4 Å². The smallest absolute Gasteiger partial charge is 0.303 e. The first-order valence-corrected chi connectivity index (χ1v) is 11.0. The normalized spacial score (nSPS) is 24.3. The molecule has 1 heterocycles. The van der Waals surface area contributed by atoms with Gasteiger partial charge in [-0.2, -0.15) is 0 Å². The second-order valence-electron chi connectivity index (χ2n) is 8.27. The molecule has 0 unspecified atom stereocenters. The average molecular weight is 481 g/mol. The van der Waals surface area contributed by atoms with Gasteiger partial charge in [-0.25, -0.2) is 0 Å². The third-order valence-corrected chi connectivity index (χ3v) is 5.01. The van der Waals surface area contributed by atoms with E-state index in [9.17, 15) is 19.2 Å². The summed E-state index contributed by atoms with van der Waals surface area (Å²) in [5.74, 6) is -2.28. The van der Waals surface area contributed by atoms with Gasteiger partial charge in [0.1, 0.15) is 12.7 Å². The van der Waals surface area contributed by atoms with Crippen molar-refractivity contribution in [2.24, 2.45) is 0 Å². The largest absolute Gasteiger partial charge is 0.463 e. The number of hydrogen-bond acceptors (Lipinski definition) is 10. The predicted molar refractivity (Wildman–Crippen MR) is 117 cm³/mol. The molecule has 1 fully saturated rings. The summed E-state index contributed by atoms with van der Waals surface area (Å²) in [4.78, 5) is 46.8. The van der Waals surface area contributed by atoms with Crippen molar-refractivity contribution in [2.45, 2.75) is 84.8 Å². The van der Waals surface area contributed by atoms with Crippen LogP contribution in [0.1, 0.15) is 58.6 Å². The topological polar surface area (TPSA) is 124 Å². The molecule has 0 radical (unpaired) electrons. The lowest BCUT2D eigenvalue weighted by atomic mass is 9.98. The van der Waals surface area contributed by atoms with Gasteiger partial charge in [0.15, 0.2) is 24.6 Å². The highest BCUT2D eigenvalue weighted by atomic mass is 16.7. The van der Waals surface area contributed by atoms with Gasteiger partial charge in [-0.15, -0.1) is 0 Å². The maximum absolute atomic E-state index is 11.9. The van der Waals surface area contributed by atoms with E-state index in [-0.39, 0.29) is 13.2 Å². The highest BCUT2D eigenvalue weighted by Crippen LogP contribution is 2.30. The fourth-order valence-corrected chi connectivity index (χ4v) is 3.50. The van der Waals surface area contributed by atoms with E-state index < -0.39 is 54.6 Å². The van der Waals surface area contributed by atoms with Crippen LogP contribution in [-0.4, -0.2) is 61.2 Å². The summed E-state index contributed by atoms with van der Waals surface area (Å²) < 4.78 is 33.0. The van der Waals surface area contributed by atoms with Crippen molar-refractivity contribution in [3.63, 3.8) is 0 Å². The van der Waals surface area contributed by atoms with Crippen LogP contribution in [0.15, 0.2) is 24.3 Å². The van der Waals surface area contributed by atoms with Crippen molar-refractivity contribution >= 4 is 23.9 Å². The van der Waals surface area contributed by atoms with E-state index in [1.807, 2.05) is 24.3 Å². The van der Waals surface area contributed by atoms with Gasteiger partial charge in [-0.05, 0) is 17.0 Å². The van der Waals surface area contributed by atoms with Crippen molar-refractivity contribution in [3.05, 3.63) is 35.4 Å². The van der Waals surface area contributed by atoms with Crippen LogP contribution in [0.3, 0.4) is 0 Å². The number of rotatable bonds is 9. The Morgan fingerprint density at radius 3 is 1.82 bits per heavy atom. The summed E-state index contributed by atoms with van der Waals surface area (Å²) in [6.07, 6.45) is -5.96. The van der Waals surface area contributed by atoms with Crippen molar-refractivity contribution in [2.75, 3.05) is 6.61 Å². The first kappa shape index (κ1) is 27.3. The molecule has 10 heteroatoms. The second-order valence-corrected chi connectivity index (χ2v) is 8.27. The average Bonchev–Trinajstić information content (AvgIpc) is 2.73. The Bertz CT molecular complexity index is 863. The molecule has 188 valence electrons. The molecule has 0 bridgehead atoms. The van der Waals surface area contributed by atoms with Crippen LogP contribution in [0.5, 0.6) is 0 Å². The van der Waals surface area contributed by atoms with Crippen molar-refractivity contribution < 1.29 is 47.6 Å². The van der Waals surface area contributed by atoms with Crippen LogP contribution in [0.25, 0.3) is 0 Å². The molecule has 34 heavy (non-hydrogen) atoms. The maximum Gasteiger partial charge on any atom is 0.303 e. The van der Waals surface area contributed by atoms with Crippen LogP contribution in [0.2, 0.25) is 0 Å². The summed E-state index contributed by atoms with van der Waals surface area (Å²) in [6, 6.07) is 7.77. The van der Waals surface area contributed by atoms with Gasteiger partial charge < -0.3 is 28.4 Å². The molecule has 0 amide bonds. The van der Waals surface area contributed by atoms with Crippen molar-refractivity contribution in [1.82, 2.24) is 0 Å². The number of esters is 4. The van der Waals surface area contributed by atoms with Gasteiger partial charge in [0.2, 0.25) is 0 Å². The third kappa shape index (κ3) is 8.11. The lowest BCUT2D eigenvalue weighted by Crippen LogP contribution is -2.62. The van der Waals surface area contributed by atoms with Crippen molar-refractivity contribution in [3.8, 4) is 0 Å². The van der Waals surface area contributed by atoms with Crippen molar-refractivity contribution in [1.29, 1.82) is 0 Å². The zero-order valence-corrected chi connectivity index (χ0v) is 20.3. The molecule has 1 aliphatic rings. The molecule has 5 atom stereocenters. The van der Waals surface area contributed by atoms with Crippen LogP contribution in [0.4, 0.5) is 0 Å². The highest BCUT2D eigenvalue weighted by Gasteiger charge is 2.52. The van der Waals surface area contributed by atoms with E-state index in [1.165, 1.54) is 20.8 Å². The Hall–Kier alpha value is -2.98. The fourth-order valence-electron chi connectivity index (χ4n) is 3.50. The highest BCUT2D eigenvalue weighted by molar-refractivity contribution is 5.68. The Morgan fingerprint density at radius 1 is 0.794 bits per heavy atom. The molecule has 0 spiro atoms. The minimum absolute atomic E-state index is 0.0894. The molecule has 1 aliphatic heterocycles. The lowest BCUT2D eigenvalue weighted by Gasteiger charge is -2.44. The summed E-state index contributed by atoms with van der Waals surface area (Å²) in [5.41, 5.74) is 1.99. The Balaban J connectivity index is 2.33. The fraction of sp³-hybridized carbons (Fsp3) is 0.583. The molecular weight excluding hydrogens is 448 g/mol. The molecule has 1 saturated heterocycles. The quantitative estimate of drug-likeness (QED) is 0.384. The van der Waals surface area contributed by atoms with Gasteiger partial charge >= 0.3 is 23.9 Å². The number of ether oxygens (including phenoxy) is 6.